The predicted molar refractivity (Wildman–Crippen MR) is 80.7 cm³/mol. The Morgan fingerprint density at radius 2 is 2.11 bits per heavy atom. The second-order valence-corrected chi connectivity index (χ2v) is 5.28. The predicted octanol–water partition coefficient (Wildman–Crippen LogP) is 2.80. The van der Waals surface area contributed by atoms with Crippen LogP contribution in [-0.2, 0) is 11.3 Å². The molecule has 3 nitrogen and oxygen atoms in total. The highest BCUT2D eigenvalue weighted by atomic mass is 16.5. The van der Waals surface area contributed by atoms with Gasteiger partial charge in [-0.2, -0.15) is 0 Å². The summed E-state index contributed by atoms with van der Waals surface area (Å²) in [6, 6.07) is 8.88. The van der Waals surface area contributed by atoms with Gasteiger partial charge in [0.05, 0.1) is 6.10 Å². The Balaban J connectivity index is 1.92. The number of anilines is 1. The Labute approximate surface area is 116 Å². The van der Waals surface area contributed by atoms with Crippen LogP contribution in [0.15, 0.2) is 24.3 Å². The minimum Gasteiger partial charge on any atom is -0.376 e. The molecule has 0 spiro atoms. The largest absolute Gasteiger partial charge is 0.376 e. The molecule has 1 aliphatic rings. The highest BCUT2D eigenvalue weighted by Crippen LogP contribution is 2.22. The van der Waals surface area contributed by atoms with Crippen molar-refractivity contribution in [3.8, 4) is 0 Å². The van der Waals surface area contributed by atoms with E-state index >= 15 is 0 Å². The average Bonchev–Trinajstić information content (AvgIpc) is 2.46. The quantitative estimate of drug-likeness (QED) is 0.853. The fourth-order valence-corrected chi connectivity index (χ4v) is 2.62. The maximum atomic E-state index is 5.89. The van der Waals surface area contributed by atoms with Gasteiger partial charge in [0.25, 0.3) is 0 Å². The fraction of sp³-hybridized carbons (Fsp3) is 0.625. The van der Waals surface area contributed by atoms with Gasteiger partial charge in [0.15, 0.2) is 0 Å². The van der Waals surface area contributed by atoms with E-state index in [4.69, 9.17) is 4.74 Å². The molecule has 1 N–H and O–H groups in total. The first-order chi connectivity index (χ1) is 9.33. The maximum absolute atomic E-state index is 5.89. The van der Waals surface area contributed by atoms with Crippen LogP contribution in [0.2, 0.25) is 0 Å². The fourth-order valence-electron chi connectivity index (χ4n) is 2.62. The van der Waals surface area contributed by atoms with Crippen LogP contribution in [0.5, 0.6) is 0 Å². The van der Waals surface area contributed by atoms with Crippen LogP contribution in [0.4, 0.5) is 5.69 Å². The van der Waals surface area contributed by atoms with Crippen molar-refractivity contribution in [2.45, 2.75) is 38.8 Å². The number of nitrogens with one attached hydrogen (secondary N) is 1. The first kappa shape index (κ1) is 14.4. The van der Waals surface area contributed by atoms with Crippen molar-refractivity contribution >= 4 is 5.69 Å². The summed E-state index contributed by atoms with van der Waals surface area (Å²) in [4.78, 5) is 2.45. The molecule has 1 saturated heterocycles. The normalized spacial score (nSPS) is 19.7. The van der Waals surface area contributed by atoms with Crippen molar-refractivity contribution in [2.24, 2.45) is 0 Å². The van der Waals surface area contributed by atoms with Gasteiger partial charge >= 0.3 is 0 Å². The van der Waals surface area contributed by atoms with Crippen molar-refractivity contribution < 1.29 is 4.74 Å². The molecule has 19 heavy (non-hydrogen) atoms. The third kappa shape index (κ3) is 4.22. The van der Waals surface area contributed by atoms with Gasteiger partial charge in [-0.15, -0.1) is 0 Å². The van der Waals surface area contributed by atoms with E-state index in [0.29, 0.717) is 6.10 Å². The highest BCUT2D eigenvalue weighted by molar-refractivity contribution is 5.48. The molecule has 0 radical (unpaired) electrons. The highest BCUT2D eigenvalue weighted by Gasteiger charge is 2.20. The molecule has 1 aliphatic heterocycles. The number of piperidine rings is 1. The van der Waals surface area contributed by atoms with Crippen molar-refractivity contribution in [3.63, 3.8) is 0 Å². The number of hydrogen-bond acceptors (Lipinski definition) is 3. The van der Waals surface area contributed by atoms with Gasteiger partial charge in [-0.1, -0.05) is 19.1 Å². The zero-order valence-corrected chi connectivity index (χ0v) is 12.2. The average molecular weight is 262 g/mol. The Bertz CT molecular complexity index is 364. The molecule has 1 aromatic carbocycles. The van der Waals surface area contributed by atoms with Crippen LogP contribution in [0.25, 0.3) is 0 Å². The number of ether oxygens (including phenoxy) is 1. The lowest BCUT2D eigenvalue weighted by Crippen LogP contribution is -2.39. The van der Waals surface area contributed by atoms with Crippen LogP contribution in [0, 0.1) is 0 Å². The van der Waals surface area contributed by atoms with Crippen LogP contribution >= 0.6 is 0 Å². The topological polar surface area (TPSA) is 24.5 Å². The van der Waals surface area contributed by atoms with Gasteiger partial charge in [-0.05, 0) is 44.0 Å². The molecule has 1 aromatic rings. The standard InChI is InChI=1S/C16H26N2O/c1-3-11-19-16-5-4-10-18(13-16)15-8-6-14(7-9-15)12-17-2/h6-9,16-17H,3-5,10-13H2,1-2H3. The van der Waals surface area contributed by atoms with Crippen LogP contribution in [-0.4, -0.2) is 32.8 Å². The van der Waals surface area contributed by atoms with Gasteiger partial charge < -0.3 is 15.0 Å². The summed E-state index contributed by atoms with van der Waals surface area (Å²) >= 11 is 0. The minimum atomic E-state index is 0.408. The Morgan fingerprint density at radius 1 is 1.32 bits per heavy atom. The van der Waals surface area contributed by atoms with Crippen molar-refractivity contribution in [1.82, 2.24) is 5.32 Å². The molecule has 0 aliphatic carbocycles. The lowest BCUT2D eigenvalue weighted by Gasteiger charge is -2.34. The van der Waals surface area contributed by atoms with E-state index in [1.807, 2.05) is 7.05 Å². The Morgan fingerprint density at radius 3 is 2.79 bits per heavy atom. The molecule has 106 valence electrons. The van der Waals surface area contributed by atoms with E-state index in [1.165, 1.54) is 24.1 Å². The van der Waals surface area contributed by atoms with Crippen LogP contribution < -0.4 is 10.2 Å². The van der Waals surface area contributed by atoms with Crippen molar-refractivity contribution in [2.75, 3.05) is 31.6 Å². The summed E-state index contributed by atoms with van der Waals surface area (Å²) in [6.45, 7) is 6.17. The third-order valence-corrected chi connectivity index (χ3v) is 3.62. The summed E-state index contributed by atoms with van der Waals surface area (Å²) in [6.07, 6.45) is 3.95. The summed E-state index contributed by atoms with van der Waals surface area (Å²) < 4.78 is 5.89. The second kappa shape index (κ2) is 7.51. The number of benzene rings is 1. The molecule has 1 unspecified atom stereocenters. The molecule has 2 rings (SSSR count). The lowest BCUT2D eigenvalue weighted by atomic mass is 10.1. The van der Waals surface area contributed by atoms with Gasteiger partial charge in [0.2, 0.25) is 0 Å². The maximum Gasteiger partial charge on any atom is 0.0750 e. The van der Waals surface area contributed by atoms with E-state index in [1.54, 1.807) is 0 Å². The van der Waals surface area contributed by atoms with Gasteiger partial charge in [0.1, 0.15) is 0 Å². The van der Waals surface area contributed by atoms with Gasteiger partial charge in [0, 0.05) is 31.9 Å². The second-order valence-electron chi connectivity index (χ2n) is 5.28. The van der Waals surface area contributed by atoms with Crippen LogP contribution in [0.1, 0.15) is 31.7 Å². The summed E-state index contributed by atoms with van der Waals surface area (Å²) in [5, 5.41) is 3.18. The molecule has 3 heteroatoms. The summed E-state index contributed by atoms with van der Waals surface area (Å²) in [5.41, 5.74) is 2.66. The Hall–Kier alpha value is -1.06. The first-order valence-corrected chi connectivity index (χ1v) is 7.43. The smallest absolute Gasteiger partial charge is 0.0750 e. The molecular weight excluding hydrogens is 236 g/mol. The molecule has 1 atom stereocenters. The first-order valence-electron chi connectivity index (χ1n) is 7.43. The number of hydrogen-bond donors (Lipinski definition) is 1. The SMILES string of the molecule is CCCOC1CCCN(c2ccc(CNC)cc2)C1. The molecule has 1 fully saturated rings. The van der Waals surface area contributed by atoms with Crippen molar-refractivity contribution in [3.05, 3.63) is 29.8 Å². The summed E-state index contributed by atoms with van der Waals surface area (Å²) in [7, 11) is 1.98. The van der Waals surface area contributed by atoms with E-state index in [-0.39, 0.29) is 0 Å². The molecule has 0 bridgehead atoms. The van der Waals surface area contributed by atoms with Crippen molar-refractivity contribution in [1.29, 1.82) is 0 Å². The molecule has 0 saturated carbocycles. The summed E-state index contributed by atoms with van der Waals surface area (Å²) in [5.74, 6) is 0. The lowest BCUT2D eigenvalue weighted by molar-refractivity contribution is 0.0440. The van der Waals surface area contributed by atoms with E-state index in [2.05, 4.69) is 41.4 Å². The zero-order chi connectivity index (χ0) is 13.5. The monoisotopic (exact) mass is 262 g/mol. The molecule has 0 aromatic heterocycles. The molecule has 1 heterocycles. The minimum absolute atomic E-state index is 0.408. The third-order valence-electron chi connectivity index (χ3n) is 3.62. The number of nitrogens with zero attached hydrogens (tertiary/aromatic N) is 1. The van der Waals surface area contributed by atoms with E-state index in [0.717, 1.165) is 32.7 Å². The van der Waals surface area contributed by atoms with Crippen LogP contribution in [0.3, 0.4) is 0 Å². The van der Waals surface area contributed by atoms with E-state index < -0.39 is 0 Å². The van der Waals surface area contributed by atoms with Gasteiger partial charge in [-0.3, -0.25) is 0 Å². The number of rotatable bonds is 6. The molecular formula is C16H26N2O. The molecule has 0 amide bonds. The zero-order valence-electron chi connectivity index (χ0n) is 12.2. The Kier molecular flexibility index (Phi) is 5.67. The van der Waals surface area contributed by atoms with E-state index in [9.17, 15) is 0 Å². The van der Waals surface area contributed by atoms with Gasteiger partial charge in [-0.25, -0.2) is 0 Å².